The van der Waals surface area contributed by atoms with Gasteiger partial charge in [-0.25, -0.2) is 15.0 Å². The van der Waals surface area contributed by atoms with Crippen LogP contribution in [0.2, 0.25) is 0 Å². The predicted octanol–water partition coefficient (Wildman–Crippen LogP) is 3.47. The van der Waals surface area contributed by atoms with Crippen LogP contribution in [-0.4, -0.2) is 68.7 Å². The Morgan fingerprint density at radius 2 is 1.84 bits per heavy atom. The molecule has 1 aliphatic heterocycles. The van der Waals surface area contributed by atoms with Crippen molar-refractivity contribution in [1.82, 2.24) is 29.4 Å². The van der Waals surface area contributed by atoms with E-state index in [9.17, 15) is 9.59 Å². The molecule has 12 nitrogen and oxygen atoms in total. The fraction of sp³-hybridized carbons (Fsp3) is 0.226. The molecule has 1 amide bonds. The van der Waals surface area contributed by atoms with Crippen LogP contribution in [0.5, 0.6) is 5.88 Å². The van der Waals surface area contributed by atoms with Gasteiger partial charge in [0.05, 0.1) is 43.0 Å². The second-order valence-corrected chi connectivity index (χ2v) is 9.99. The third-order valence-electron chi connectivity index (χ3n) is 7.27. The van der Waals surface area contributed by atoms with E-state index >= 15 is 0 Å². The van der Waals surface area contributed by atoms with Crippen molar-refractivity contribution in [1.29, 1.82) is 0 Å². The zero-order chi connectivity index (χ0) is 29.9. The van der Waals surface area contributed by atoms with E-state index in [0.29, 0.717) is 60.2 Å². The number of nitrogen functional groups attached to an aromatic ring is 1. The van der Waals surface area contributed by atoms with Crippen LogP contribution in [0.4, 0.5) is 11.8 Å². The highest BCUT2D eigenvalue weighted by atomic mass is 16.5. The summed E-state index contributed by atoms with van der Waals surface area (Å²) in [4.78, 5) is 47.1. The Labute approximate surface area is 247 Å². The molecule has 5 aromatic rings. The predicted molar refractivity (Wildman–Crippen MR) is 162 cm³/mol. The normalized spacial score (nSPS) is 14.0. The lowest BCUT2D eigenvalue weighted by Gasteiger charge is -2.28. The van der Waals surface area contributed by atoms with Gasteiger partial charge in [-0.2, -0.15) is 4.98 Å². The molecule has 0 bridgehead atoms. The van der Waals surface area contributed by atoms with Gasteiger partial charge in [0.25, 0.3) is 11.5 Å². The molecule has 1 fully saturated rings. The van der Waals surface area contributed by atoms with Crippen molar-refractivity contribution < 1.29 is 14.3 Å². The van der Waals surface area contributed by atoms with Crippen LogP contribution in [-0.2, 0) is 4.74 Å². The second-order valence-electron chi connectivity index (χ2n) is 9.99. The SMILES string of the molecule is COc1cc(-c2cccc3nc([C@H](C)Nc4nc(N)ncc4C(=O)N4CCOCC4)n(-c4ccccc4)c(=O)c23)ccn1. The summed E-state index contributed by atoms with van der Waals surface area (Å²) in [6.07, 6.45) is 3.06. The standard InChI is InChI=1S/C31H30N8O4/c1-19(35-27-23(18-34-31(32)37-27)29(40)38-13-15-43-16-14-38)28-36-24-10-6-9-22(20-11-12-33-25(17-20)42-2)26(24)30(41)39(28)21-7-4-3-5-8-21/h3-12,17-19H,13-16H2,1-2H3,(H3,32,34,35,37)/t19-/m0/s1. The first-order valence-corrected chi connectivity index (χ1v) is 13.8. The van der Waals surface area contributed by atoms with Crippen LogP contribution < -0.4 is 21.3 Å². The minimum Gasteiger partial charge on any atom is -0.481 e. The number of methoxy groups -OCH3 is 1. The zero-order valence-electron chi connectivity index (χ0n) is 23.7. The summed E-state index contributed by atoms with van der Waals surface area (Å²) >= 11 is 0. The Hall–Kier alpha value is -5.36. The number of benzene rings is 2. The summed E-state index contributed by atoms with van der Waals surface area (Å²) in [7, 11) is 1.55. The number of fused-ring (bicyclic) bond motifs is 1. The van der Waals surface area contributed by atoms with E-state index in [2.05, 4.69) is 20.3 Å². The maximum Gasteiger partial charge on any atom is 0.266 e. The molecule has 4 heterocycles. The molecule has 1 atom stereocenters. The molecule has 0 spiro atoms. The summed E-state index contributed by atoms with van der Waals surface area (Å²) < 4.78 is 12.3. The molecule has 0 unspecified atom stereocenters. The number of hydrogen-bond donors (Lipinski definition) is 2. The van der Waals surface area contributed by atoms with E-state index in [1.807, 2.05) is 55.5 Å². The Morgan fingerprint density at radius 1 is 1.05 bits per heavy atom. The number of carbonyl (C=O) groups is 1. The van der Waals surface area contributed by atoms with Crippen molar-refractivity contribution in [3.05, 3.63) is 94.8 Å². The van der Waals surface area contributed by atoms with E-state index in [4.69, 9.17) is 20.2 Å². The average molecular weight is 579 g/mol. The van der Waals surface area contributed by atoms with E-state index in [1.54, 1.807) is 34.9 Å². The highest BCUT2D eigenvalue weighted by Crippen LogP contribution is 2.30. The number of aromatic nitrogens is 5. The molecule has 218 valence electrons. The minimum absolute atomic E-state index is 0.0116. The number of anilines is 2. The van der Waals surface area contributed by atoms with Crippen LogP contribution in [0, 0.1) is 0 Å². The molecule has 6 rings (SSSR count). The molecular weight excluding hydrogens is 548 g/mol. The van der Waals surface area contributed by atoms with Gasteiger partial charge < -0.3 is 25.4 Å². The van der Waals surface area contributed by atoms with Crippen molar-refractivity contribution >= 4 is 28.6 Å². The first kappa shape index (κ1) is 27.8. The summed E-state index contributed by atoms with van der Waals surface area (Å²) in [5, 5.41) is 3.74. The number of carbonyl (C=O) groups excluding carboxylic acids is 1. The fourth-order valence-electron chi connectivity index (χ4n) is 5.16. The number of hydrogen-bond acceptors (Lipinski definition) is 10. The lowest BCUT2D eigenvalue weighted by atomic mass is 10.0. The molecule has 2 aromatic carbocycles. The largest absolute Gasteiger partial charge is 0.481 e. The van der Waals surface area contributed by atoms with E-state index in [-0.39, 0.29) is 28.8 Å². The van der Waals surface area contributed by atoms with Gasteiger partial charge in [-0.15, -0.1) is 0 Å². The van der Waals surface area contributed by atoms with Crippen LogP contribution in [0.1, 0.15) is 29.1 Å². The van der Waals surface area contributed by atoms with Crippen LogP contribution in [0.15, 0.2) is 77.9 Å². The quantitative estimate of drug-likeness (QED) is 0.294. The number of ether oxygens (including phenoxy) is 2. The summed E-state index contributed by atoms with van der Waals surface area (Å²) in [6, 6.07) is 17.9. The maximum atomic E-state index is 14.4. The first-order chi connectivity index (χ1) is 20.9. The van der Waals surface area contributed by atoms with Gasteiger partial charge in [-0.1, -0.05) is 30.3 Å². The van der Waals surface area contributed by atoms with Gasteiger partial charge in [-0.05, 0) is 42.3 Å². The Morgan fingerprint density at radius 3 is 2.60 bits per heavy atom. The van der Waals surface area contributed by atoms with Crippen molar-refractivity contribution in [2.24, 2.45) is 0 Å². The number of para-hydroxylation sites is 1. The molecule has 1 aliphatic rings. The number of amides is 1. The Kier molecular flexibility index (Phi) is 7.67. The van der Waals surface area contributed by atoms with Gasteiger partial charge >= 0.3 is 0 Å². The fourth-order valence-corrected chi connectivity index (χ4v) is 5.16. The summed E-state index contributed by atoms with van der Waals surface area (Å²) in [6.45, 7) is 3.69. The van der Waals surface area contributed by atoms with E-state index in [0.717, 1.165) is 5.56 Å². The van der Waals surface area contributed by atoms with Crippen LogP contribution in [0.25, 0.3) is 27.7 Å². The average Bonchev–Trinajstić information content (AvgIpc) is 3.05. The van der Waals surface area contributed by atoms with Gasteiger partial charge in [0.15, 0.2) is 0 Å². The molecular formula is C31H30N8O4. The highest BCUT2D eigenvalue weighted by Gasteiger charge is 2.26. The number of morpholine rings is 1. The maximum absolute atomic E-state index is 14.4. The first-order valence-electron chi connectivity index (χ1n) is 13.8. The van der Waals surface area contributed by atoms with Gasteiger partial charge in [0.2, 0.25) is 11.8 Å². The molecule has 43 heavy (non-hydrogen) atoms. The summed E-state index contributed by atoms with van der Waals surface area (Å²) in [5.74, 6) is 0.893. The number of nitrogens with zero attached hydrogens (tertiary/aromatic N) is 6. The number of nitrogens with one attached hydrogen (secondary N) is 1. The molecule has 0 aliphatic carbocycles. The number of pyridine rings is 1. The topological polar surface area (TPSA) is 150 Å². The second kappa shape index (κ2) is 11.9. The van der Waals surface area contributed by atoms with Gasteiger partial charge in [0.1, 0.15) is 17.2 Å². The van der Waals surface area contributed by atoms with Crippen molar-refractivity contribution in [2.45, 2.75) is 13.0 Å². The molecule has 3 N–H and O–H groups in total. The monoisotopic (exact) mass is 578 g/mol. The molecule has 1 saturated heterocycles. The molecule has 3 aromatic heterocycles. The van der Waals surface area contributed by atoms with Gasteiger partial charge in [0, 0.05) is 31.5 Å². The lowest BCUT2D eigenvalue weighted by molar-refractivity contribution is 0.0303. The zero-order valence-corrected chi connectivity index (χ0v) is 23.7. The van der Waals surface area contributed by atoms with E-state index in [1.165, 1.54) is 6.20 Å². The highest BCUT2D eigenvalue weighted by molar-refractivity contribution is 5.99. The molecule has 12 heteroatoms. The third-order valence-corrected chi connectivity index (χ3v) is 7.27. The molecule has 0 saturated carbocycles. The number of nitrogens with two attached hydrogens (primary N) is 1. The third kappa shape index (κ3) is 5.47. The summed E-state index contributed by atoms with van der Waals surface area (Å²) in [5.41, 5.74) is 8.59. The van der Waals surface area contributed by atoms with E-state index < -0.39 is 6.04 Å². The lowest BCUT2D eigenvalue weighted by Crippen LogP contribution is -2.41. The Bertz CT molecular complexity index is 1860. The smallest absolute Gasteiger partial charge is 0.266 e. The van der Waals surface area contributed by atoms with Crippen molar-refractivity contribution in [2.75, 3.05) is 44.5 Å². The molecule has 0 radical (unpaired) electrons. The number of rotatable bonds is 7. The van der Waals surface area contributed by atoms with Crippen molar-refractivity contribution in [3.63, 3.8) is 0 Å². The Balaban J connectivity index is 1.48. The van der Waals surface area contributed by atoms with Crippen molar-refractivity contribution in [3.8, 4) is 22.7 Å². The minimum atomic E-state index is -0.576. The van der Waals surface area contributed by atoms with Crippen LogP contribution >= 0.6 is 0 Å². The van der Waals surface area contributed by atoms with Gasteiger partial charge in [-0.3, -0.25) is 14.2 Å². The van der Waals surface area contributed by atoms with Crippen LogP contribution in [0.3, 0.4) is 0 Å².